The van der Waals surface area contributed by atoms with Crippen molar-refractivity contribution in [3.63, 3.8) is 0 Å². The maximum absolute atomic E-state index is 11.0. The first-order chi connectivity index (χ1) is 8.24. The summed E-state index contributed by atoms with van der Waals surface area (Å²) in [5, 5.41) is 9.01. The third-order valence-electron chi connectivity index (χ3n) is 3.98. The Balaban J connectivity index is 1.67. The lowest BCUT2D eigenvalue weighted by Crippen LogP contribution is -2.14. The van der Waals surface area contributed by atoms with Crippen molar-refractivity contribution < 1.29 is 19.4 Å². The Hall–Kier alpha value is -1.71. The topological polar surface area (TPSA) is 62.4 Å². The summed E-state index contributed by atoms with van der Waals surface area (Å²) in [6, 6.07) is 0. The van der Waals surface area contributed by atoms with Gasteiger partial charge in [-0.3, -0.25) is 0 Å². The molecule has 0 spiro atoms. The maximum Gasteiger partial charge on any atom is 0.328 e. The molecule has 0 aromatic heterocycles. The highest BCUT2D eigenvalue weighted by molar-refractivity contribution is 5.81. The van der Waals surface area contributed by atoms with Crippen LogP contribution in [0.4, 0.5) is 0 Å². The molecule has 4 nitrogen and oxygen atoms in total. The number of ether oxygens (including phenoxy) is 2. The first-order valence-electron chi connectivity index (χ1n) is 6.00. The van der Waals surface area contributed by atoms with E-state index in [-0.39, 0.29) is 11.8 Å². The molecule has 0 bridgehead atoms. The van der Waals surface area contributed by atoms with Crippen LogP contribution in [0.5, 0.6) is 0 Å². The number of hydrogen-bond acceptors (Lipinski definition) is 3. The largest absolute Gasteiger partial charge is 0.478 e. The van der Waals surface area contributed by atoms with Crippen LogP contribution in [-0.2, 0) is 14.3 Å². The van der Waals surface area contributed by atoms with Gasteiger partial charge in [0.15, 0.2) is 0 Å². The lowest BCUT2D eigenvalue weighted by Gasteiger charge is -2.20. The maximum atomic E-state index is 11.0. The van der Waals surface area contributed by atoms with Crippen molar-refractivity contribution in [2.24, 2.45) is 11.8 Å². The molecule has 0 aromatic carbocycles. The highest BCUT2D eigenvalue weighted by Gasteiger charge is 2.48. The van der Waals surface area contributed by atoms with Crippen molar-refractivity contribution in [1.29, 1.82) is 0 Å². The van der Waals surface area contributed by atoms with E-state index in [2.05, 4.69) is 0 Å². The van der Waals surface area contributed by atoms with Crippen LogP contribution in [0, 0.1) is 11.8 Å². The van der Waals surface area contributed by atoms with Crippen molar-refractivity contribution in [2.75, 3.05) is 0 Å². The van der Waals surface area contributed by atoms with Crippen molar-refractivity contribution >= 4 is 5.97 Å². The zero-order valence-corrected chi connectivity index (χ0v) is 9.23. The quantitative estimate of drug-likeness (QED) is 0.758. The second-order valence-electron chi connectivity index (χ2n) is 4.94. The number of carboxylic acids is 1. The summed E-state index contributed by atoms with van der Waals surface area (Å²) in [5.41, 5.74) is 0.975. The molecular weight excluding hydrogens is 220 g/mol. The molecule has 4 rings (SSSR count). The zero-order valence-electron chi connectivity index (χ0n) is 9.23. The summed E-state index contributed by atoms with van der Waals surface area (Å²) >= 11 is 0. The third kappa shape index (κ3) is 1.33. The van der Waals surface area contributed by atoms with Crippen LogP contribution in [0.15, 0.2) is 34.7 Å². The minimum absolute atomic E-state index is 0.183. The fraction of sp³-hybridized carbons (Fsp3) is 0.462. The Kier molecular flexibility index (Phi) is 1.62. The molecule has 4 aliphatic rings. The van der Waals surface area contributed by atoms with Gasteiger partial charge in [0.25, 0.3) is 0 Å². The molecule has 1 N–H and O–H groups in total. The molecule has 0 fully saturated rings. The summed E-state index contributed by atoms with van der Waals surface area (Å²) in [4.78, 5) is 11.0. The molecule has 2 heterocycles. The van der Waals surface area contributed by atoms with Crippen LogP contribution >= 0.6 is 0 Å². The molecule has 2 unspecified atom stereocenters. The van der Waals surface area contributed by atoms with Gasteiger partial charge in [0.05, 0.1) is 0 Å². The van der Waals surface area contributed by atoms with Crippen LogP contribution < -0.4 is 0 Å². The minimum Gasteiger partial charge on any atom is -0.478 e. The van der Waals surface area contributed by atoms with Gasteiger partial charge in [-0.2, -0.15) is 0 Å². The van der Waals surface area contributed by atoms with Crippen LogP contribution in [-0.4, -0.2) is 11.1 Å². The Bertz CT molecular complexity index is 486. The van der Waals surface area contributed by atoms with E-state index in [4.69, 9.17) is 14.6 Å². The smallest absolute Gasteiger partial charge is 0.328 e. The van der Waals surface area contributed by atoms with Gasteiger partial charge in [0.1, 0.15) is 23.0 Å². The molecule has 2 aliphatic carbocycles. The number of aliphatic carboxylic acids is 1. The molecule has 0 saturated heterocycles. The molecular formula is C13H12O4. The van der Waals surface area contributed by atoms with E-state index in [9.17, 15) is 4.79 Å². The van der Waals surface area contributed by atoms with Crippen molar-refractivity contribution in [1.82, 2.24) is 0 Å². The summed E-state index contributed by atoms with van der Waals surface area (Å²) in [6.45, 7) is 0. The lowest BCUT2D eigenvalue weighted by molar-refractivity contribution is -0.131. The highest BCUT2D eigenvalue weighted by Crippen LogP contribution is 2.56. The number of hydrogen-bond donors (Lipinski definition) is 1. The SMILES string of the molecule is O=C(O)C=C(C1CCC2=C1O2)C1CCC2=C1O2. The molecule has 0 saturated carbocycles. The summed E-state index contributed by atoms with van der Waals surface area (Å²) in [7, 11) is 0. The second-order valence-corrected chi connectivity index (χ2v) is 4.94. The standard InChI is InChI=1S/C13H12O4/c14-11(15)5-8(6-1-3-9-12(6)16-9)7-2-4-10-13(7)17-10/h5-7H,1-4H2,(H,14,15). The minimum atomic E-state index is -0.871. The van der Waals surface area contributed by atoms with Gasteiger partial charge in [0, 0.05) is 30.8 Å². The van der Waals surface area contributed by atoms with Crippen molar-refractivity contribution in [3.8, 4) is 0 Å². The van der Waals surface area contributed by atoms with Crippen molar-refractivity contribution in [3.05, 3.63) is 34.7 Å². The summed E-state index contributed by atoms with van der Waals surface area (Å²) < 4.78 is 10.8. The molecule has 2 aliphatic heterocycles. The van der Waals surface area contributed by atoms with Crippen LogP contribution in [0.25, 0.3) is 0 Å². The van der Waals surface area contributed by atoms with Crippen LogP contribution in [0.3, 0.4) is 0 Å². The molecule has 4 heteroatoms. The van der Waals surface area contributed by atoms with Crippen LogP contribution in [0.2, 0.25) is 0 Å². The molecule has 0 amide bonds. The highest BCUT2D eigenvalue weighted by atomic mass is 16.6. The fourth-order valence-electron chi connectivity index (χ4n) is 3.13. The average molecular weight is 232 g/mol. The number of carbonyl (C=O) groups is 1. The summed E-state index contributed by atoms with van der Waals surface area (Å²) in [6.07, 6.45) is 5.25. The van der Waals surface area contributed by atoms with E-state index in [1.807, 2.05) is 0 Å². The van der Waals surface area contributed by atoms with Crippen LogP contribution in [0.1, 0.15) is 25.7 Å². The number of allylic oxidation sites excluding steroid dienone is 4. The Morgan fingerprint density at radius 2 is 1.65 bits per heavy atom. The molecule has 17 heavy (non-hydrogen) atoms. The normalized spacial score (nSPS) is 31.5. The average Bonchev–Trinajstić information content (AvgIpc) is 3.17. The third-order valence-corrected chi connectivity index (χ3v) is 3.98. The Morgan fingerprint density at radius 1 is 1.12 bits per heavy atom. The van der Waals surface area contributed by atoms with Crippen molar-refractivity contribution in [2.45, 2.75) is 25.7 Å². The second kappa shape index (κ2) is 2.94. The molecule has 0 aromatic rings. The Labute approximate surface area is 98.2 Å². The van der Waals surface area contributed by atoms with Gasteiger partial charge < -0.3 is 14.6 Å². The fourth-order valence-corrected chi connectivity index (χ4v) is 3.13. The molecule has 2 atom stereocenters. The predicted molar refractivity (Wildman–Crippen MR) is 57.4 cm³/mol. The van der Waals surface area contributed by atoms with E-state index in [1.165, 1.54) is 6.08 Å². The van der Waals surface area contributed by atoms with E-state index in [0.29, 0.717) is 0 Å². The Morgan fingerprint density at radius 3 is 1.94 bits per heavy atom. The van der Waals surface area contributed by atoms with Gasteiger partial charge in [-0.25, -0.2) is 4.79 Å². The zero-order chi connectivity index (χ0) is 11.6. The monoisotopic (exact) mass is 232 g/mol. The van der Waals surface area contributed by atoms with E-state index >= 15 is 0 Å². The van der Waals surface area contributed by atoms with Gasteiger partial charge in [-0.15, -0.1) is 0 Å². The number of carboxylic acid groups (broad SMARTS) is 1. The lowest BCUT2D eigenvalue weighted by atomic mass is 9.85. The molecule has 0 radical (unpaired) electrons. The first kappa shape index (κ1) is 9.33. The number of rotatable bonds is 3. The summed E-state index contributed by atoms with van der Waals surface area (Å²) in [5.74, 6) is 3.69. The van der Waals surface area contributed by atoms with E-state index in [0.717, 1.165) is 54.3 Å². The predicted octanol–water partition coefficient (Wildman–Crippen LogP) is 2.30. The first-order valence-corrected chi connectivity index (χ1v) is 6.00. The van der Waals surface area contributed by atoms with Gasteiger partial charge in [-0.05, 0) is 18.4 Å². The van der Waals surface area contributed by atoms with Gasteiger partial charge >= 0.3 is 5.97 Å². The molecule has 88 valence electrons. The van der Waals surface area contributed by atoms with Gasteiger partial charge in [-0.1, -0.05) is 0 Å². The van der Waals surface area contributed by atoms with E-state index < -0.39 is 5.97 Å². The van der Waals surface area contributed by atoms with Gasteiger partial charge in [0.2, 0.25) is 0 Å². The van der Waals surface area contributed by atoms with E-state index in [1.54, 1.807) is 0 Å².